The predicted octanol–water partition coefficient (Wildman–Crippen LogP) is 3.26. The monoisotopic (exact) mass is 418 g/mol. The van der Waals surface area contributed by atoms with Gasteiger partial charge in [-0.15, -0.1) is 11.3 Å². The molecule has 3 rings (SSSR count). The average Bonchev–Trinajstić information content (AvgIpc) is 3.44. The van der Waals surface area contributed by atoms with Crippen molar-refractivity contribution in [2.75, 3.05) is 27.9 Å². The molecule has 2 heterocycles. The number of rotatable bonds is 7. The summed E-state index contributed by atoms with van der Waals surface area (Å²) in [5, 5.41) is 4.89. The van der Waals surface area contributed by atoms with Gasteiger partial charge < -0.3 is 24.4 Å². The molecule has 2 aromatic rings. The number of likely N-dealkylation sites (tertiary alicyclic amines) is 1. The lowest BCUT2D eigenvalue weighted by atomic mass is 10.1. The fraction of sp³-hybridized carbons (Fsp3) is 0.429. The summed E-state index contributed by atoms with van der Waals surface area (Å²) in [5.41, 5.74) is 0.821. The van der Waals surface area contributed by atoms with Gasteiger partial charge in [-0.25, -0.2) is 0 Å². The zero-order valence-electron chi connectivity index (χ0n) is 17.1. The molecule has 1 unspecified atom stereocenters. The Bertz CT molecular complexity index is 843. The van der Waals surface area contributed by atoms with Gasteiger partial charge in [-0.1, -0.05) is 6.07 Å². The summed E-state index contributed by atoms with van der Waals surface area (Å²) in [7, 11) is 4.65. The molecule has 1 saturated heterocycles. The summed E-state index contributed by atoms with van der Waals surface area (Å²) in [5.74, 6) is 1.31. The first kappa shape index (κ1) is 21.0. The van der Waals surface area contributed by atoms with E-state index in [9.17, 15) is 9.59 Å². The van der Waals surface area contributed by atoms with Crippen LogP contribution in [0.15, 0.2) is 29.6 Å². The van der Waals surface area contributed by atoms with Crippen molar-refractivity contribution in [2.24, 2.45) is 0 Å². The smallest absolute Gasteiger partial charge is 0.264 e. The van der Waals surface area contributed by atoms with E-state index >= 15 is 0 Å². The Hall–Kier alpha value is -2.74. The Morgan fingerprint density at radius 1 is 1.17 bits per heavy atom. The van der Waals surface area contributed by atoms with Gasteiger partial charge >= 0.3 is 0 Å². The molecule has 29 heavy (non-hydrogen) atoms. The fourth-order valence-electron chi connectivity index (χ4n) is 3.57. The zero-order chi connectivity index (χ0) is 21.0. The second kappa shape index (κ2) is 9.17. The van der Waals surface area contributed by atoms with Crippen molar-refractivity contribution >= 4 is 23.2 Å². The fourth-order valence-corrected chi connectivity index (χ4v) is 4.25. The number of carbonyl (C=O) groups is 2. The Balaban J connectivity index is 1.75. The lowest BCUT2D eigenvalue weighted by molar-refractivity contribution is -0.125. The van der Waals surface area contributed by atoms with E-state index in [-0.39, 0.29) is 17.9 Å². The van der Waals surface area contributed by atoms with E-state index in [1.165, 1.54) is 11.3 Å². The summed E-state index contributed by atoms with van der Waals surface area (Å²) in [6.07, 6.45) is 1.47. The molecule has 1 aromatic carbocycles. The molecule has 2 amide bonds. The van der Waals surface area contributed by atoms with Gasteiger partial charge in [-0.3, -0.25) is 9.59 Å². The third kappa shape index (κ3) is 4.32. The molecule has 156 valence electrons. The normalized spacial score (nSPS) is 17.0. The molecule has 0 radical (unpaired) electrons. The molecule has 0 saturated carbocycles. The van der Waals surface area contributed by atoms with E-state index in [0.29, 0.717) is 35.1 Å². The summed E-state index contributed by atoms with van der Waals surface area (Å²) in [4.78, 5) is 28.0. The highest BCUT2D eigenvalue weighted by molar-refractivity contribution is 7.12. The van der Waals surface area contributed by atoms with Gasteiger partial charge in [-0.2, -0.15) is 0 Å². The van der Waals surface area contributed by atoms with Gasteiger partial charge in [0.05, 0.1) is 32.2 Å². The Kier molecular flexibility index (Phi) is 6.64. The van der Waals surface area contributed by atoms with Gasteiger partial charge in [0.1, 0.15) is 6.04 Å². The number of carbonyl (C=O) groups excluding carboxylic acids is 2. The van der Waals surface area contributed by atoms with Crippen LogP contribution in [0.25, 0.3) is 0 Å². The van der Waals surface area contributed by atoms with Crippen LogP contribution in [-0.2, 0) is 4.79 Å². The summed E-state index contributed by atoms with van der Waals surface area (Å²) >= 11 is 1.39. The molecular formula is C21H26N2O5S. The molecular weight excluding hydrogens is 392 g/mol. The van der Waals surface area contributed by atoms with E-state index in [0.717, 1.165) is 12.0 Å². The first-order valence-electron chi connectivity index (χ1n) is 9.44. The van der Waals surface area contributed by atoms with E-state index < -0.39 is 6.04 Å². The summed E-state index contributed by atoms with van der Waals surface area (Å²) < 4.78 is 16.1. The van der Waals surface area contributed by atoms with Crippen LogP contribution in [0.1, 0.15) is 41.0 Å². The molecule has 2 atom stereocenters. The maximum absolute atomic E-state index is 13.0. The topological polar surface area (TPSA) is 77.1 Å². The minimum atomic E-state index is -0.464. The first-order chi connectivity index (χ1) is 14.0. The van der Waals surface area contributed by atoms with E-state index in [1.807, 2.05) is 30.5 Å². The molecule has 1 aliphatic heterocycles. The molecule has 1 fully saturated rings. The van der Waals surface area contributed by atoms with Gasteiger partial charge in [0.25, 0.3) is 5.91 Å². The number of hydrogen-bond donors (Lipinski definition) is 1. The van der Waals surface area contributed by atoms with Crippen LogP contribution in [0.3, 0.4) is 0 Å². The SMILES string of the molecule is COc1cc(C(C)NC(=O)[C@@H]2CCCN2C(=O)c2cccs2)cc(OC)c1OC. The molecule has 0 spiro atoms. The highest BCUT2D eigenvalue weighted by Crippen LogP contribution is 2.39. The van der Waals surface area contributed by atoms with E-state index in [2.05, 4.69) is 5.32 Å². The van der Waals surface area contributed by atoms with Gasteiger partial charge in [0, 0.05) is 6.54 Å². The minimum absolute atomic E-state index is 0.0851. The Morgan fingerprint density at radius 3 is 2.41 bits per heavy atom. The van der Waals surface area contributed by atoms with Crippen molar-refractivity contribution in [2.45, 2.75) is 31.8 Å². The molecule has 7 nitrogen and oxygen atoms in total. The zero-order valence-corrected chi connectivity index (χ0v) is 17.9. The third-order valence-corrected chi connectivity index (χ3v) is 5.95. The first-order valence-corrected chi connectivity index (χ1v) is 10.3. The Morgan fingerprint density at radius 2 is 1.86 bits per heavy atom. The second-order valence-electron chi connectivity index (χ2n) is 6.82. The van der Waals surface area contributed by atoms with E-state index in [4.69, 9.17) is 14.2 Å². The Labute approximate surface area is 174 Å². The second-order valence-corrected chi connectivity index (χ2v) is 7.77. The van der Waals surface area contributed by atoms with Gasteiger partial charge in [0.15, 0.2) is 11.5 Å². The highest BCUT2D eigenvalue weighted by Gasteiger charge is 2.35. The van der Waals surface area contributed by atoms with Crippen molar-refractivity contribution in [3.8, 4) is 17.2 Å². The van der Waals surface area contributed by atoms with Crippen LogP contribution in [-0.4, -0.2) is 50.6 Å². The molecule has 1 aromatic heterocycles. The largest absolute Gasteiger partial charge is 0.493 e. The van der Waals surface area contributed by atoms with Crippen molar-refractivity contribution < 1.29 is 23.8 Å². The van der Waals surface area contributed by atoms with Crippen LogP contribution in [0, 0.1) is 0 Å². The van der Waals surface area contributed by atoms with Crippen LogP contribution in [0.4, 0.5) is 0 Å². The number of amides is 2. The number of ether oxygens (including phenoxy) is 3. The van der Waals surface area contributed by atoms with Crippen LogP contribution in [0.5, 0.6) is 17.2 Å². The molecule has 0 aliphatic carbocycles. The standard InChI is InChI=1S/C21H26N2O5S/c1-13(14-11-16(26-2)19(28-4)17(12-14)27-3)22-20(24)15-7-5-9-23(15)21(25)18-8-6-10-29-18/h6,8,10-13,15H,5,7,9H2,1-4H3,(H,22,24)/t13?,15-/m0/s1. The summed E-state index contributed by atoms with van der Waals surface area (Å²) in [6, 6.07) is 6.50. The highest BCUT2D eigenvalue weighted by atomic mass is 32.1. The number of nitrogens with one attached hydrogen (secondary N) is 1. The molecule has 1 N–H and O–H groups in total. The number of thiophene rings is 1. The van der Waals surface area contributed by atoms with Crippen LogP contribution >= 0.6 is 11.3 Å². The number of nitrogens with zero attached hydrogens (tertiary/aromatic N) is 1. The van der Waals surface area contributed by atoms with E-state index in [1.54, 1.807) is 32.3 Å². The van der Waals surface area contributed by atoms with Gasteiger partial charge in [0.2, 0.25) is 11.7 Å². The summed E-state index contributed by atoms with van der Waals surface area (Å²) in [6.45, 7) is 2.48. The third-order valence-electron chi connectivity index (χ3n) is 5.09. The molecule has 8 heteroatoms. The minimum Gasteiger partial charge on any atom is -0.493 e. The maximum Gasteiger partial charge on any atom is 0.264 e. The quantitative estimate of drug-likeness (QED) is 0.747. The average molecular weight is 419 g/mol. The number of benzene rings is 1. The van der Waals surface area contributed by atoms with Crippen LogP contribution in [0.2, 0.25) is 0 Å². The molecule has 1 aliphatic rings. The number of methoxy groups -OCH3 is 3. The number of hydrogen-bond acceptors (Lipinski definition) is 6. The molecule has 0 bridgehead atoms. The van der Waals surface area contributed by atoms with Crippen molar-refractivity contribution in [1.82, 2.24) is 10.2 Å². The van der Waals surface area contributed by atoms with Crippen molar-refractivity contribution in [3.63, 3.8) is 0 Å². The lowest BCUT2D eigenvalue weighted by Gasteiger charge is -2.25. The van der Waals surface area contributed by atoms with Crippen LogP contribution < -0.4 is 19.5 Å². The van der Waals surface area contributed by atoms with Crippen molar-refractivity contribution in [1.29, 1.82) is 0 Å². The van der Waals surface area contributed by atoms with Crippen molar-refractivity contribution in [3.05, 3.63) is 40.1 Å². The lowest BCUT2D eigenvalue weighted by Crippen LogP contribution is -2.46. The van der Waals surface area contributed by atoms with Gasteiger partial charge in [-0.05, 0) is 48.9 Å². The predicted molar refractivity (Wildman–Crippen MR) is 111 cm³/mol. The maximum atomic E-state index is 13.0.